The van der Waals surface area contributed by atoms with Gasteiger partial charge in [0, 0.05) is 26.0 Å². The maximum absolute atomic E-state index is 12.6. The highest BCUT2D eigenvalue weighted by atomic mass is 16.5. The molecule has 0 spiro atoms. The van der Waals surface area contributed by atoms with Gasteiger partial charge in [-0.15, -0.1) is 0 Å². The first kappa shape index (κ1) is 18.0. The van der Waals surface area contributed by atoms with Crippen LogP contribution in [0.15, 0.2) is 60.9 Å². The minimum Gasteiger partial charge on any atom is -0.489 e. The number of aryl methyl sites for hydroxylation is 1. The maximum atomic E-state index is 12.6. The summed E-state index contributed by atoms with van der Waals surface area (Å²) in [5.74, 6) is 0.502. The van der Waals surface area contributed by atoms with Gasteiger partial charge in [-0.1, -0.05) is 30.3 Å². The molecule has 0 atom stereocenters. The molecule has 0 aliphatic carbocycles. The molecular weight excluding hydrogens is 350 g/mol. The van der Waals surface area contributed by atoms with Gasteiger partial charge in [0.05, 0.1) is 17.8 Å². The van der Waals surface area contributed by atoms with E-state index in [9.17, 15) is 4.79 Å². The fourth-order valence-corrected chi connectivity index (χ4v) is 3.61. The SMILES string of the molecule is CNC(=O)c1cc(-c2ccccc2C)cc2c1OCCN2Cc1cccnc1. The van der Waals surface area contributed by atoms with E-state index in [0.717, 1.165) is 28.9 Å². The third kappa shape index (κ3) is 3.43. The van der Waals surface area contributed by atoms with E-state index in [4.69, 9.17) is 4.74 Å². The third-order valence-electron chi connectivity index (χ3n) is 5.04. The number of hydrogen-bond acceptors (Lipinski definition) is 4. The highest BCUT2D eigenvalue weighted by Crippen LogP contribution is 2.40. The van der Waals surface area contributed by atoms with Gasteiger partial charge < -0.3 is 15.0 Å². The Bertz CT molecular complexity index is 1000. The summed E-state index contributed by atoms with van der Waals surface area (Å²) in [4.78, 5) is 19.1. The summed E-state index contributed by atoms with van der Waals surface area (Å²) in [5.41, 5.74) is 5.92. The summed E-state index contributed by atoms with van der Waals surface area (Å²) in [7, 11) is 1.64. The zero-order valence-corrected chi connectivity index (χ0v) is 16.1. The Morgan fingerprint density at radius 3 is 2.82 bits per heavy atom. The first-order valence-corrected chi connectivity index (χ1v) is 9.40. The fourth-order valence-electron chi connectivity index (χ4n) is 3.61. The van der Waals surface area contributed by atoms with Crippen LogP contribution < -0.4 is 15.0 Å². The van der Waals surface area contributed by atoms with Crippen LogP contribution in [0.25, 0.3) is 11.1 Å². The number of rotatable bonds is 4. The lowest BCUT2D eigenvalue weighted by Gasteiger charge is -2.33. The molecule has 2 aromatic carbocycles. The van der Waals surface area contributed by atoms with Crippen LogP contribution in [-0.2, 0) is 6.54 Å². The largest absolute Gasteiger partial charge is 0.489 e. The van der Waals surface area contributed by atoms with Crippen molar-refractivity contribution in [3.8, 4) is 16.9 Å². The van der Waals surface area contributed by atoms with Crippen molar-refractivity contribution in [1.29, 1.82) is 0 Å². The van der Waals surface area contributed by atoms with Gasteiger partial charge in [0.1, 0.15) is 6.61 Å². The number of aromatic nitrogens is 1. The molecule has 0 saturated heterocycles. The lowest BCUT2D eigenvalue weighted by Crippen LogP contribution is -2.33. The number of amides is 1. The first-order valence-electron chi connectivity index (χ1n) is 9.40. The predicted octanol–water partition coefficient (Wildman–Crippen LogP) is 3.82. The first-order chi connectivity index (χ1) is 13.7. The molecule has 142 valence electrons. The van der Waals surface area contributed by atoms with Gasteiger partial charge in [-0.3, -0.25) is 9.78 Å². The maximum Gasteiger partial charge on any atom is 0.254 e. The van der Waals surface area contributed by atoms with Crippen molar-refractivity contribution in [3.05, 3.63) is 77.6 Å². The van der Waals surface area contributed by atoms with Gasteiger partial charge in [0.2, 0.25) is 0 Å². The van der Waals surface area contributed by atoms with Crippen molar-refractivity contribution in [1.82, 2.24) is 10.3 Å². The van der Waals surface area contributed by atoms with Crippen molar-refractivity contribution in [2.45, 2.75) is 13.5 Å². The number of carbonyl (C=O) groups excluding carboxylic acids is 1. The smallest absolute Gasteiger partial charge is 0.254 e. The monoisotopic (exact) mass is 373 g/mol. The van der Waals surface area contributed by atoms with Gasteiger partial charge in [-0.2, -0.15) is 0 Å². The Morgan fingerprint density at radius 2 is 2.07 bits per heavy atom. The van der Waals surface area contributed by atoms with E-state index >= 15 is 0 Å². The number of carbonyl (C=O) groups is 1. The summed E-state index contributed by atoms with van der Waals surface area (Å²) < 4.78 is 5.95. The van der Waals surface area contributed by atoms with Gasteiger partial charge in [0.25, 0.3) is 5.91 Å². The highest BCUT2D eigenvalue weighted by Gasteiger charge is 2.25. The van der Waals surface area contributed by atoms with Crippen LogP contribution in [0.3, 0.4) is 0 Å². The Morgan fingerprint density at radius 1 is 1.21 bits per heavy atom. The van der Waals surface area contributed by atoms with Gasteiger partial charge in [0.15, 0.2) is 5.75 Å². The van der Waals surface area contributed by atoms with Crippen LogP contribution >= 0.6 is 0 Å². The number of anilines is 1. The molecule has 0 bridgehead atoms. The van der Waals surface area contributed by atoms with E-state index in [0.29, 0.717) is 24.5 Å². The summed E-state index contributed by atoms with van der Waals surface area (Å²) >= 11 is 0. The molecule has 1 amide bonds. The van der Waals surface area contributed by atoms with E-state index in [1.54, 1.807) is 13.2 Å². The third-order valence-corrected chi connectivity index (χ3v) is 5.04. The summed E-state index contributed by atoms with van der Waals surface area (Å²) in [6, 6.07) is 16.3. The Balaban J connectivity index is 1.84. The minimum absolute atomic E-state index is 0.144. The minimum atomic E-state index is -0.144. The van der Waals surface area contributed by atoms with E-state index in [-0.39, 0.29) is 5.91 Å². The second-order valence-electron chi connectivity index (χ2n) is 6.90. The van der Waals surface area contributed by atoms with Gasteiger partial charge in [-0.25, -0.2) is 0 Å². The molecule has 1 aliphatic heterocycles. The topological polar surface area (TPSA) is 54.5 Å². The molecule has 5 nitrogen and oxygen atoms in total. The van der Waals surface area contributed by atoms with Crippen molar-refractivity contribution >= 4 is 11.6 Å². The number of ether oxygens (including phenoxy) is 1. The zero-order valence-electron chi connectivity index (χ0n) is 16.1. The Kier molecular flexibility index (Phi) is 4.98. The van der Waals surface area contributed by atoms with E-state index in [1.807, 2.05) is 30.5 Å². The average molecular weight is 373 g/mol. The van der Waals surface area contributed by atoms with Crippen molar-refractivity contribution in [2.24, 2.45) is 0 Å². The quantitative estimate of drug-likeness (QED) is 0.755. The number of benzene rings is 2. The predicted molar refractivity (Wildman–Crippen MR) is 111 cm³/mol. The number of pyridine rings is 1. The van der Waals surface area contributed by atoms with E-state index in [2.05, 4.69) is 46.4 Å². The lowest BCUT2D eigenvalue weighted by molar-refractivity contribution is 0.0958. The lowest BCUT2D eigenvalue weighted by atomic mass is 9.96. The van der Waals surface area contributed by atoms with E-state index in [1.165, 1.54) is 5.56 Å². The summed E-state index contributed by atoms with van der Waals surface area (Å²) in [5, 5.41) is 2.74. The molecule has 3 aromatic rings. The average Bonchev–Trinajstić information content (AvgIpc) is 2.74. The van der Waals surface area contributed by atoms with E-state index < -0.39 is 0 Å². The molecule has 2 heterocycles. The molecule has 1 N–H and O–H groups in total. The molecular formula is C23H23N3O2. The standard InChI is InChI=1S/C23H23N3O2/c1-16-6-3-4-8-19(16)18-12-20(23(27)24-2)22-21(13-18)26(10-11-28-22)15-17-7-5-9-25-14-17/h3-9,12-14H,10-11,15H2,1-2H3,(H,24,27). The highest BCUT2D eigenvalue weighted by molar-refractivity contribution is 6.00. The number of fused-ring (bicyclic) bond motifs is 1. The molecule has 0 fully saturated rings. The van der Waals surface area contributed by atoms with Crippen LogP contribution in [0.2, 0.25) is 0 Å². The molecule has 0 unspecified atom stereocenters. The molecule has 0 saturated carbocycles. The molecule has 4 rings (SSSR count). The van der Waals surface area contributed by atoms with Gasteiger partial charge >= 0.3 is 0 Å². The molecule has 1 aliphatic rings. The second kappa shape index (κ2) is 7.72. The number of nitrogens with zero attached hydrogens (tertiary/aromatic N) is 2. The number of hydrogen-bond donors (Lipinski definition) is 1. The van der Waals surface area contributed by atoms with Crippen LogP contribution in [0.5, 0.6) is 5.75 Å². The van der Waals surface area contributed by atoms with Crippen LogP contribution in [0.4, 0.5) is 5.69 Å². The normalized spacial score (nSPS) is 12.9. The van der Waals surface area contributed by atoms with Crippen molar-refractivity contribution in [2.75, 3.05) is 25.1 Å². The number of nitrogens with one attached hydrogen (secondary N) is 1. The second-order valence-corrected chi connectivity index (χ2v) is 6.90. The Labute approximate surface area is 165 Å². The summed E-state index contributed by atoms with van der Waals surface area (Å²) in [6.07, 6.45) is 3.65. The van der Waals surface area contributed by atoms with Crippen LogP contribution in [0, 0.1) is 6.92 Å². The molecule has 0 radical (unpaired) electrons. The molecule has 28 heavy (non-hydrogen) atoms. The Hall–Kier alpha value is -3.34. The zero-order chi connectivity index (χ0) is 19.5. The van der Waals surface area contributed by atoms with Crippen molar-refractivity contribution < 1.29 is 9.53 Å². The van der Waals surface area contributed by atoms with Crippen molar-refractivity contribution in [3.63, 3.8) is 0 Å². The molecule has 5 heteroatoms. The fraction of sp³-hybridized carbons (Fsp3) is 0.217. The van der Waals surface area contributed by atoms with Crippen LogP contribution in [-0.4, -0.2) is 31.1 Å². The van der Waals surface area contributed by atoms with Crippen LogP contribution in [0.1, 0.15) is 21.5 Å². The summed E-state index contributed by atoms with van der Waals surface area (Å²) in [6.45, 7) is 4.10. The van der Waals surface area contributed by atoms with Gasteiger partial charge in [-0.05, 0) is 47.4 Å². The molecule has 1 aromatic heterocycles.